The van der Waals surface area contributed by atoms with Crippen LogP contribution in [0.15, 0.2) is 24.3 Å². The second-order valence-electron chi connectivity index (χ2n) is 4.82. The quantitative estimate of drug-likeness (QED) is 0.672. The van der Waals surface area contributed by atoms with Crippen molar-refractivity contribution in [1.29, 1.82) is 0 Å². The van der Waals surface area contributed by atoms with E-state index in [4.69, 9.17) is 14.6 Å². The maximum atomic E-state index is 11.8. The molecule has 0 radical (unpaired) electrons. The van der Waals surface area contributed by atoms with Gasteiger partial charge in [0, 0.05) is 12.1 Å². The number of hydrogen-bond donors (Lipinski definition) is 2. The molecular weight excluding hydrogens is 258 g/mol. The Bertz CT molecular complexity index is 389. The van der Waals surface area contributed by atoms with Crippen LogP contribution < -0.4 is 10.1 Å². The van der Waals surface area contributed by atoms with Crippen molar-refractivity contribution in [3.8, 4) is 5.75 Å². The fourth-order valence-electron chi connectivity index (χ4n) is 1.47. The van der Waals surface area contributed by atoms with Crippen LogP contribution in [0.3, 0.4) is 0 Å². The summed E-state index contributed by atoms with van der Waals surface area (Å²) in [6, 6.07) is 7.05. The molecule has 20 heavy (non-hydrogen) atoms. The summed E-state index contributed by atoms with van der Waals surface area (Å²) < 4.78 is 10.6. The van der Waals surface area contributed by atoms with Gasteiger partial charge in [-0.1, -0.05) is 13.8 Å². The molecule has 0 saturated heterocycles. The number of ether oxygens (including phenoxy) is 2. The monoisotopic (exact) mass is 281 g/mol. The smallest absolute Gasteiger partial charge is 0.251 e. The number of rotatable bonds is 9. The van der Waals surface area contributed by atoms with Gasteiger partial charge in [-0.2, -0.15) is 0 Å². The van der Waals surface area contributed by atoms with Gasteiger partial charge in [0.25, 0.3) is 5.91 Å². The largest absolute Gasteiger partial charge is 0.493 e. The Hall–Kier alpha value is -1.59. The van der Waals surface area contributed by atoms with Crippen molar-refractivity contribution in [3.05, 3.63) is 29.8 Å². The topological polar surface area (TPSA) is 67.8 Å². The van der Waals surface area contributed by atoms with Gasteiger partial charge in [-0.05, 0) is 30.2 Å². The van der Waals surface area contributed by atoms with Crippen molar-refractivity contribution in [2.75, 3.05) is 33.0 Å². The van der Waals surface area contributed by atoms with Crippen LogP contribution in [-0.2, 0) is 4.74 Å². The van der Waals surface area contributed by atoms with Crippen LogP contribution in [-0.4, -0.2) is 44.0 Å². The minimum atomic E-state index is -0.145. The van der Waals surface area contributed by atoms with Gasteiger partial charge in [0.15, 0.2) is 0 Å². The van der Waals surface area contributed by atoms with Gasteiger partial charge in [-0.25, -0.2) is 0 Å². The second-order valence-corrected chi connectivity index (χ2v) is 4.82. The molecule has 1 aromatic carbocycles. The number of carbonyl (C=O) groups is 1. The Labute approximate surface area is 119 Å². The van der Waals surface area contributed by atoms with E-state index in [2.05, 4.69) is 19.2 Å². The molecule has 0 aromatic heterocycles. The molecule has 1 amide bonds. The first-order valence-corrected chi connectivity index (χ1v) is 6.83. The first kappa shape index (κ1) is 16.5. The van der Waals surface area contributed by atoms with Gasteiger partial charge < -0.3 is 19.9 Å². The Morgan fingerprint density at radius 2 is 1.95 bits per heavy atom. The Kier molecular flexibility index (Phi) is 7.69. The second kappa shape index (κ2) is 9.34. The molecule has 112 valence electrons. The van der Waals surface area contributed by atoms with Crippen LogP contribution >= 0.6 is 0 Å². The molecule has 5 heteroatoms. The molecule has 0 aliphatic carbocycles. The molecule has 0 aliphatic rings. The summed E-state index contributed by atoms with van der Waals surface area (Å²) in [6.07, 6.45) is 0. The summed E-state index contributed by atoms with van der Waals surface area (Å²) in [6.45, 7) is 5.92. The summed E-state index contributed by atoms with van der Waals surface area (Å²) in [5, 5.41) is 11.3. The average molecular weight is 281 g/mol. The first-order valence-electron chi connectivity index (χ1n) is 6.83. The normalized spacial score (nSPS) is 10.6. The molecule has 1 rings (SSSR count). The third-order valence-electron chi connectivity index (χ3n) is 2.47. The van der Waals surface area contributed by atoms with Crippen LogP contribution in [0.25, 0.3) is 0 Å². The SMILES string of the molecule is CC(C)COc1ccc(C(=O)NCCOCCO)cc1. The van der Waals surface area contributed by atoms with E-state index in [0.29, 0.717) is 31.2 Å². The van der Waals surface area contributed by atoms with E-state index in [1.807, 2.05) is 0 Å². The Morgan fingerprint density at radius 3 is 2.55 bits per heavy atom. The number of aliphatic hydroxyl groups is 1. The molecule has 1 aromatic rings. The number of carbonyl (C=O) groups excluding carboxylic acids is 1. The number of amides is 1. The van der Waals surface area contributed by atoms with Gasteiger partial charge in [-0.3, -0.25) is 4.79 Å². The van der Waals surface area contributed by atoms with Crippen LogP contribution in [0, 0.1) is 5.92 Å². The van der Waals surface area contributed by atoms with Gasteiger partial charge in [-0.15, -0.1) is 0 Å². The zero-order valence-corrected chi connectivity index (χ0v) is 12.1. The average Bonchev–Trinajstić information content (AvgIpc) is 2.45. The minimum Gasteiger partial charge on any atom is -0.493 e. The maximum Gasteiger partial charge on any atom is 0.251 e. The molecule has 0 fully saturated rings. The predicted molar refractivity (Wildman–Crippen MR) is 77.0 cm³/mol. The highest BCUT2D eigenvalue weighted by atomic mass is 16.5. The Balaban J connectivity index is 2.33. The maximum absolute atomic E-state index is 11.8. The minimum absolute atomic E-state index is 0.00815. The van der Waals surface area contributed by atoms with Crippen molar-refractivity contribution in [2.24, 2.45) is 5.92 Å². The predicted octanol–water partition coefficient (Wildman–Crippen LogP) is 1.46. The Morgan fingerprint density at radius 1 is 1.25 bits per heavy atom. The molecule has 0 heterocycles. The van der Waals surface area contributed by atoms with Crippen LogP contribution in [0.2, 0.25) is 0 Å². The highest BCUT2D eigenvalue weighted by molar-refractivity contribution is 5.94. The summed E-state index contributed by atoms with van der Waals surface area (Å²) in [7, 11) is 0. The lowest BCUT2D eigenvalue weighted by molar-refractivity contribution is 0.0838. The lowest BCUT2D eigenvalue weighted by Gasteiger charge is -2.09. The fourth-order valence-corrected chi connectivity index (χ4v) is 1.47. The number of hydrogen-bond acceptors (Lipinski definition) is 4. The van der Waals surface area contributed by atoms with Crippen molar-refractivity contribution in [3.63, 3.8) is 0 Å². The summed E-state index contributed by atoms with van der Waals surface area (Å²) in [5.41, 5.74) is 0.587. The van der Waals surface area contributed by atoms with E-state index in [-0.39, 0.29) is 19.1 Å². The molecule has 0 atom stereocenters. The van der Waals surface area contributed by atoms with Gasteiger partial charge in [0.2, 0.25) is 0 Å². The lowest BCUT2D eigenvalue weighted by Crippen LogP contribution is -2.27. The van der Waals surface area contributed by atoms with Crippen molar-refractivity contribution < 1.29 is 19.4 Å². The summed E-state index contributed by atoms with van der Waals surface area (Å²) >= 11 is 0. The molecular formula is C15H23NO4. The van der Waals surface area contributed by atoms with Crippen LogP contribution in [0.1, 0.15) is 24.2 Å². The third-order valence-corrected chi connectivity index (χ3v) is 2.47. The van der Waals surface area contributed by atoms with E-state index in [9.17, 15) is 4.79 Å². The zero-order valence-electron chi connectivity index (χ0n) is 12.1. The van der Waals surface area contributed by atoms with Crippen molar-refractivity contribution in [1.82, 2.24) is 5.32 Å². The van der Waals surface area contributed by atoms with Crippen molar-refractivity contribution >= 4 is 5.91 Å². The van der Waals surface area contributed by atoms with E-state index in [1.54, 1.807) is 24.3 Å². The van der Waals surface area contributed by atoms with E-state index in [1.165, 1.54) is 0 Å². The van der Waals surface area contributed by atoms with E-state index >= 15 is 0 Å². The van der Waals surface area contributed by atoms with E-state index < -0.39 is 0 Å². The third kappa shape index (κ3) is 6.54. The van der Waals surface area contributed by atoms with Gasteiger partial charge in [0.05, 0.1) is 26.4 Å². The molecule has 0 bridgehead atoms. The highest BCUT2D eigenvalue weighted by Gasteiger charge is 2.05. The van der Waals surface area contributed by atoms with Gasteiger partial charge in [0.1, 0.15) is 5.75 Å². The molecule has 0 saturated carbocycles. The first-order chi connectivity index (χ1) is 9.63. The van der Waals surface area contributed by atoms with Crippen LogP contribution in [0.5, 0.6) is 5.75 Å². The molecule has 0 unspecified atom stereocenters. The fraction of sp³-hybridized carbons (Fsp3) is 0.533. The number of aliphatic hydroxyl groups excluding tert-OH is 1. The molecule has 5 nitrogen and oxygen atoms in total. The highest BCUT2D eigenvalue weighted by Crippen LogP contribution is 2.13. The standard InChI is InChI=1S/C15H23NO4/c1-12(2)11-20-14-5-3-13(4-6-14)15(18)16-7-9-19-10-8-17/h3-6,12,17H,7-11H2,1-2H3,(H,16,18). The molecule has 2 N–H and O–H groups in total. The van der Waals surface area contributed by atoms with E-state index in [0.717, 1.165) is 5.75 Å². The van der Waals surface area contributed by atoms with Gasteiger partial charge >= 0.3 is 0 Å². The lowest BCUT2D eigenvalue weighted by atomic mass is 10.2. The summed E-state index contributed by atoms with van der Waals surface area (Å²) in [5.74, 6) is 1.09. The number of benzene rings is 1. The number of nitrogens with one attached hydrogen (secondary N) is 1. The molecule has 0 aliphatic heterocycles. The summed E-state index contributed by atoms with van der Waals surface area (Å²) in [4.78, 5) is 11.8. The molecule has 0 spiro atoms. The van der Waals surface area contributed by atoms with Crippen LogP contribution in [0.4, 0.5) is 0 Å². The van der Waals surface area contributed by atoms with Crippen molar-refractivity contribution in [2.45, 2.75) is 13.8 Å². The zero-order chi connectivity index (χ0) is 14.8.